The van der Waals surface area contributed by atoms with E-state index in [0.717, 1.165) is 36.0 Å². The van der Waals surface area contributed by atoms with Crippen molar-refractivity contribution in [1.82, 2.24) is 15.1 Å². The molecule has 0 bridgehead atoms. The molecule has 0 spiro atoms. The average Bonchev–Trinajstić information content (AvgIpc) is 3.09. The van der Waals surface area contributed by atoms with Gasteiger partial charge < -0.3 is 10.4 Å². The van der Waals surface area contributed by atoms with Crippen LogP contribution in [0.1, 0.15) is 21.6 Å². The number of halogens is 4. The second kappa shape index (κ2) is 7.71. The molecular formula is C19H15F4N3O2. The quantitative estimate of drug-likeness (QED) is 0.650. The molecule has 0 aliphatic carbocycles. The minimum absolute atomic E-state index is 0.0168. The fraction of sp³-hybridized carbons (Fsp3) is 0.158. The molecule has 9 heteroatoms. The highest BCUT2D eigenvalue weighted by Gasteiger charge is 2.40. The van der Waals surface area contributed by atoms with Gasteiger partial charge >= 0.3 is 6.18 Å². The van der Waals surface area contributed by atoms with Crippen LogP contribution < -0.4 is 5.32 Å². The third kappa shape index (κ3) is 4.30. The minimum Gasteiger partial charge on any atom is -0.508 e. The zero-order valence-electron chi connectivity index (χ0n) is 14.4. The van der Waals surface area contributed by atoms with Crippen LogP contribution in [0, 0.1) is 5.82 Å². The van der Waals surface area contributed by atoms with Crippen LogP contribution in [0.2, 0.25) is 0 Å². The monoisotopic (exact) mass is 393 g/mol. The number of hydrogen-bond acceptors (Lipinski definition) is 3. The predicted molar refractivity (Wildman–Crippen MR) is 92.7 cm³/mol. The van der Waals surface area contributed by atoms with Gasteiger partial charge in [0.25, 0.3) is 5.91 Å². The fourth-order valence-electron chi connectivity index (χ4n) is 2.64. The number of carbonyl (C=O) groups excluding carboxylic acids is 1. The third-order valence-electron chi connectivity index (χ3n) is 3.99. The van der Waals surface area contributed by atoms with Crippen molar-refractivity contribution in [3.8, 4) is 11.4 Å². The summed E-state index contributed by atoms with van der Waals surface area (Å²) in [5.74, 6) is -1.42. The molecule has 146 valence electrons. The van der Waals surface area contributed by atoms with Crippen molar-refractivity contribution in [2.75, 3.05) is 6.54 Å². The van der Waals surface area contributed by atoms with Crippen molar-refractivity contribution in [1.29, 1.82) is 0 Å². The minimum atomic E-state index is -4.84. The van der Waals surface area contributed by atoms with E-state index in [0.29, 0.717) is 11.1 Å². The number of alkyl halides is 3. The Morgan fingerprint density at radius 2 is 1.71 bits per heavy atom. The van der Waals surface area contributed by atoms with Crippen molar-refractivity contribution >= 4 is 5.91 Å². The Kier molecular flexibility index (Phi) is 5.34. The number of amides is 1. The van der Waals surface area contributed by atoms with Crippen LogP contribution >= 0.6 is 0 Å². The van der Waals surface area contributed by atoms with Gasteiger partial charge in [-0.25, -0.2) is 9.07 Å². The highest BCUT2D eigenvalue weighted by atomic mass is 19.4. The molecule has 0 atom stereocenters. The first-order valence-corrected chi connectivity index (χ1v) is 8.23. The lowest BCUT2D eigenvalue weighted by Gasteiger charge is -2.13. The Hall–Kier alpha value is -3.36. The Bertz CT molecular complexity index is 964. The van der Waals surface area contributed by atoms with Crippen molar-refractivity contribution in [3.05, 3.63) is 77.4 Å². The third-order valence-corrected chi connectivity index (χ3v) is 3.99. The van der Waals surface area contributed by atoms with E-state index in [4.69, 9.17) is 0 Å². The highest BCUT2D eigenvalue weighted by molar-refractivity contribution is 5.95. The molecule has 1 amide bonds. The molecule has 28 heavy (non-hydrogen) atoms. The molecule has 2 aromatic carbocycles. The molecule has 0 saturated heterocycles. The number of benzene rings is 2. The van der Waals surface area contributed by atoms with E-state index in [-0.39, 0.29) is 18.0 Å². The molecule has 0 radical (unpaired) electrons. The van der Waals surface area contributed by atoms with Crippen LogP contribution in [0.3, 0.4) is 0 Å². The number of carbonyl (C=O) groups is 1. The average molecular weight is 393 g/mol. The summed E-state index contributed by atoms with van der Waals surface area (Å²) in [4.78, 5) is 12.3. The van der Waals surface area contributed by atoms with E-state index in [2.05, 4.69) is 10.4 Å². The maximum Gasteiger partial charge on any atom is 0.434 e. The second-order valence-corrected chi connectivity index (χ2v) is 5.97. The van der Waals surface area contributed by atoms with Crippen LogP contribution in [0.5, 0.6) is 5.75 Å². The molecule has 1 aromatic heterocycles. The zero-order valence-corrected chi connectivity index (χ0v) is 14.4. The summed E-state index contributed by atoms with van der Waals surface area (Å²) in [7, 11) is 0. The summed E-state index contributed by atoms with van der Waals surface area (Å²) in [6.07, 6.45) is -3.63. The molecule has 3 aromatic rings. The van der Waals surface area contributed by atoms with E-state index in [1.165, 1.54) is 12.1 Å². The molecule has 0 saturated carbocycles. The van der Waals surface area contributed by atoms with Gasteiger partial charge in [-0.15, -0.1) is 0 Å². The van der Waals surface area contributed by atoms with E-state index < -0.39 is 29.2 Å². The smallest absolute Gasteiger partial charge is 0.434 e. The van der Waals surface area contributed by atoms with Gasteiger partial charge in [-0.05, 0) is 48.4 Å². The van der Waals surface area contributed by atoms with Crippen LogP contribution in [0.15, 0.2) is 54.7 Å². The molecule has 0 fully saturated rings. The molecule has 2 N–H and O–H groups in total. The first-order chi connectivity index (χ1) is 13.3. The number of phenolic OH excluding ortho intramolecular Hbond substituents is 1. The topological polar surface area (TPSA) is 67.2 Å². The lowest BCUT2D eigenvalue weighted by atomic mass is 10.1. The predicted octanol–water partition coefficient (Wildman–Crippen LogP) is 3.71. The molecule has 0 aliphatic heterocycles. The standard InChI is InChI=1S/C19H15F4N3O2/c20-13-3-5-14(6-4-13)26-17(19(21,22)23)16(11-25-26)18(28)24-10-9-12-1-7-15(27)8-2-12/h1-8,11,27H,9-10H2,(H,24,28). The SMILES string of the molecule is O=C(NCCc1ccc(O)cc1)c1cnn(-c2ccc(F)cc2)c1C(F)(F)F. The van der Waals surface area contributed by atoms with Crippen molar-refractivity contribution in [3.63, 3.8) is 0 Å². The number of hydrogen-bond donors (Lipinski definition) is 2. The van der Waals surface area contributed by atoms with Crippen LogP contribution in [-0.4, -0.2) is 27.3 Å². The van der Waals surface area contributed by atoms with Gasteiger partial charge in [0, 0.05) is 6.54 Å². The van der Waals surface area contributed by atoms with Gasteiger partial charge in [-0.2, -0.15) is 18.3 Å². The maximum absolute atomic E-state index is 13.6. The largest absolute Gasteiger partial charge is 0.508 e. The van der Waals surface area contributed by atoms with Gasteiger partial charge in [0.1, 0.15) is 11.6 Å². The van der Waals surface area contributed by atoms with Crippen LogP contribution in [-0.2, 0) is 12.6 Å². The number of rotatable bonds is 5. The molecule has 5 nitrogen and oxygen atoms in total. The fourth-order valence-corrected chi connectivity index (χ4v) is 2.64. The Morgan fingerprint density at radius 1 is 1.07 bits per heavy atom. The number of nitrogens with one attached hydrogen (secondary N) is 1. The van der Waals surface area contributed by atoms with Crippen LogP contribution in [0.25, 0.3) is 5.69 Å². The number of aromatic nitrogens is 2. The zero-order chi connectivity index (χ0) is 20.3. The number of nitrogens with zero attached hydrogens (tertiary/aromatic N) is 2. The number of aromatic hydroxyl groups is 1. The van der Waals surface area contributed by atoms with Gasteiger partial charge in [-0.1, -0.05) is 12.1 Å². The summed E-state index contributed by atoms with van der Waals surface area (Å²) >= 11 is 0. The molecule has 0 aliphatic rings. The van der Waals surface area contributed by atoms with E-state index in [9.17, 15) is 27.5 Å². The first kappa shape index (κ1) is 19.4. The normalized spacial score (nSPS) is 11.4. The van der Waals surface area contributed by atoms with Crippen molar-refractivity contribution in [2.24, 2.45) is 0 Å². The highest BCUT2D eigenvalue weighted by Crippen LogP contribution is 2.33. The summed E-state index contributed by atoms with van der Waals surface area (Å²) < 4.78 is 54.3. The van der Waals surface area contributed by atoms with Crippen molar-refractivity contribution < 1.29 is 27.5 Å². The summed E-state index contributed by atoms with van der Waals surface area (Å²) in [6.45, 7) is 0.0998. The van der Waals surface area contributed by atoms with Gasteiger partial charge in [0.05, 0.1) is 17.4 Å². The van der Waals surface area contributed by atoms with E-state index in [1.54, 1.807) is 12.1 Å². The Morgan fingerprint density at radius 3 is 2.32 bits per heavy atom. The Labute approximate surface area is 157 Å². The molecular weight excluding hydrogens is 378 g/mol. The van der Waals surface area contributed by atoms with E-state index in [1.807, 2.05) is 0 Å². The lowest BCUT2D eigenvalue weighted by Crippen LogP contribution is -2.28. The molecule has 1 heterocycles. The van der Waals surface area contributed by atoms with Gasteiger partial charge in [0.15, 0.2) is 5.69 Å². The molecule has 3 rings (SSSR count). The van der Waals surface area contributed by atoms with Gasteiger partial charge in [-0.3, -0.25) is 4.79 Å². The first-order valence-electron chi connectivity index (χ1n) is 8.23. The van der Waals surface area contributed by atoms with E-state index >= 15 is 0 Å². The summed E-state index contributed by atoms with van der Waals surface area (Å²) in [5.41, 5.74) is -1.07. The summed E-state index contributed by atoms with van der Waals surface area (Å²) in [6, 6.07) is 10.6. The molecule has 0 unspecified atom stereocenters. The van der Waals surface area contributed by atoms with Crippen molar-refractivity contribution in [2.45, 2.75) is 12.6 Å². The lowest BCUT2D eigenvalue weighted by molar-refractivity contribution is -0.143. The Balaban J connectivity index is 1.79. The maximum atomic E-state index is 13.6. The van der Waals surface area contributed by atoms with Gasteiger partial charge in [0.2, 0.25) is 0 Å². The summed E-state index contributed by atoms with van der Waals surface area (Å²) in [5, 5.41) is 15.3. The second-order valence-electron chi connectivity index (χ2n) is 5.97. The van der Waals surface area contributed by atoms with Crippen LogP contribution in [0.4, 0.5) is 17.6 Å². The number of phenols is 1.